The molecule has 1 amide bonds. The molecule has 7 heteroatoms. The number of pyridine rings is 1. The second-order valence-electron chi connectivity index (χ2n) is 3.48. The molecular formula is C11H13LiN2O4. The van der Waals surface area contributed by atoms with Gasteiger partial charge in [-0.2, -0.15) is 0 Å². The van der Waals surface area contributed by atoms with Gasteiger partial charge in [0.1, 0.15) is 0 Å². The van der Waals surface area contributed by atoms with Gasteiger partial charge in [-0.05, 0) is 24.1 Å². The Balaban J connectivity index is 0.00000289. The summed E-state index contributed by atoms with van der Waals surface area (Å²) in [6.07, 6.45) is 2.55. The summed E-state index contributed by atoms with van der Waals surface area (Å²) >= 11 is 0. The van der Waals surface area contributed by atoms with Crippen LogP contribution in [0.15, 0.2) is 24.5 Å². The van der Waals surface area contributed by atoms with Crippen LogP contribution in [0.1, 0.15) is 5.56 Å². The van der Waals surface area contributed by atoms with E-state index in [0.29, 0.717) is 0 Å². The van der Waals surface area contributed by atoms with Crippen LogP contribution in [0, 0.1) is 0 Å². The van der Waals surface area contributed by atoms with E-state index in [4.69, 9.17) is 0 Å². The van der Waals surface area contributed by atoms with E-state index < -0.39 is 18.1 Å². The number of carboxylic acids is 1. The smallest absolute Gasteiger partial charge is 0.548 e. The summed E-state index contributed by atoms with van der Waals surface area (Å²) in [6.45, 7) is 0. The van der Waals surface area contributed by atoms with Gasteiger partial charge in [0.2, 0.25) is 0 Å². The molecule has 92 valence electrons. The Kier molecular flexibility index (Phi) is 7.09. The van der Waals surface area contributed by atoms with Gasteiger partial charge in [0, 0.05) is 19.4 Å². The molecule has 0 unspecified atom stereocenters. The molecule has 6 nitrogen and oxygen atoms in total. The molecule has 18 heavy (non-hydrogen) atoms. The van der Waals surface area contributed by atoms with Crippen molar-refractivity contribution < 1.29 is 38.3 Å². The molecule has 1 rings (SSSR count). The van der Waals surface area contributed by atoms with Crippen molar-refractivity contribution in [2.24, 2.45) is 0 Å². The van der Waals surface area contributed by atoms with E-state index in [1.165, 1.54) is 14.2 Å². The summed E-state index contributed by atoms with van der Waals surface area (Å²) < 4.78 is 4.46. The second-order valence-corrected chi connectivity index (χ2v) is 3.48. The average molecular weight is 244 g/mol. The number of methoxy groups -OCH3 is 1. The Labute approximate surface area is 117 Å². The predicted molar refractivity (Wildman–Crippen MR) is 56.9 cm³/mol. The van der Waals surface area contributed by atoms with Crippen molar-refractivity contribution >= 4 is 12.1 Å². The summed E-state index contributed by atoms with van der Waals surface area (Å²) in [4.78, 5) is 27.1. The van der Waals surface area contributed by atoms with Gasteiger partial charge in [-0.25, -0.2) is 4.79 Å². The molecule has 0 saturated carbocycles. The third-order valence-corrected chi connectivity index (χ3v) is 2.38. The summed E-state index contributed by atoms with van der Waals surface area (Å²) in [5.41, 5.74) is 0.755. The van der Waals surface area contributed by atoms with Crippen LogP contribution in [-0.4, -0.2) is 42.1 Å². The molecular weight excluding hydrogens is 231 g/mol. The zero-order valence-corrected chi connectivity index (χ0v) is 10.6. The number of aliphatic carboxylic acids is 1. The minimum absolute atomic E-state index is 0. The monoisotopic (exact) mass is 244 g/mol. The average Bonchev–Trinajstić information content (AvgIpc) is 2.35. The van der Waals surface area contributed by atoms with Crippen LogP contribution in [0.4, 0.5) is 4.79 Å². The van der Waals surface area contributed by atoms with Crippen LogP contribution in [-0.2, 0) is 16.0 Å². The number of carbonyl (C=O) groups is 2. The number of aromatic nitrogens is 1. The molecule has 0 saturated heterocycles. The van der Waals surface area contributed by atoms with Crippen molar-refractivity contribution in [3.05, 3.63) is 30.1 Å². The normalized spacial score (nSPS) is 11.0. The minimum atomic E-state index is -1.32. The predicted octanol–water partition coefficient (Wildman–Crippen LogP) is -3.56. The zero-order chi connectivity index (χ0) is 12.8. The number of rotatable bonds is 4. The molecule has 0 N–H and O–H groups in total. The van der Waals surface area contributed by atoms with Crippen molar-refractivity contribution in [1.29, 1.82) is 0 Å². The molecule has 1 aromatic heterocycles. The Morgan fingerprint density at radius 1 is 1.44 bits per heavy atom. The summed E-state index contributed by atoms with van der Waals surface area (Å²) in [6, 6.07) is 2.30. The third kappa shape index (κ3) is 4.40. The number of carbonyl (C=O) groups excluding carboxylic acids is 2. The Bertz CT molecular complexity index is 399. The van der Waals surface area contributed by atoms with Crippen LogP contribution >= 0.6 is 0 Å². The number of nitrogens with zero attached hydrogens (tertiary/aromatic N) is 2. The van der Waals surface area contributed by atoms with Gasteiger partial charge in [-0.15, -0.1) is 0 Å². The van der Waals surface area contributed by atoms with Crippen LogP contribution in [0.3, 0.4) is 0 Å². The number of carboxylic acid groups (broad SMARTS) is 1. The van der Waals surface area contributed by atoms with E-state index in [9.17, 15) is 14.7 Å². The van der Waals surface area contributed by atoms with Crippen molar-refractivity contribution in [3.63, 3.8) is 0 Å². The Hall–Kier alpha value is -1.51. The fraction of sp³-hybridized carbons (Fsp3) is 0.364. The van der Waals surface area contributed by atoms with Crippen LogP contribution < -0.4 is 24.0 Å². The van der Waals surface area contributed by atoms with Gasteiger partial charge in [0.15, 0.2) is 0 Å². The zero-order valence-electron chi connectivity index (χ0n) is 10.6. The molecule has 0 fully saturated rings. The first kappa shape index (κ1) is 16.5. The molecule has 0 bridgehead atoms. The van der Waals surface area contributed by atoms with Crippen LogP contribution in [0.25, 0.3) is 0 Å². The maximum absolute atomic E-state index is 11.2. The van der Waals surface area contributed by atoms with E-state index in [1.807, 2.05) is 0 Å². The van der Waals surface area contributed by atoms with Crippen molar-refractivity contribution in [1.82, 2.24) is 9.88 Å². The van der Waals surface area contributed by atoms with Gasteiger partial charge >= 0.3 is 25.0 Å². The molecule has 0 aliphatic rings. The molecule has 1 atom stereocenters. The molecule has 1 aromatic rings. The topological polar surface area (TPSA) is 82.6 Å². The molecule has 0 aliphatic carbocycles. The Morgan fingerprint density at radius 3 is 2.44 bits per heavy atom. The van der Waals surface area contributed by atoms with Gasteiger partial charge in [-0.1, -0.05) is 0 Å². The first-order chi connectivity index (χ1) is 8.06. The standard InChI is InChI=1S/C11H14N2O4.Li/c1-13(11(16)17-2)9(10(14)15)7-8-3-5-12-6-4-8;/h3-6,9H,7H2,1-2H3,(H,14,15);/q;+1/p-1/t9-;/m0./s1. The van der Waals surface area contributed by atoms with Crippen molar-refractivity contribution in [2.75, 3.05) is 14.2 Å². The van der Waals surface area contributed by atoms with E-state index >= 15 is 0 Å². The van der Waals surface area contributed by atoms with E-state index in [0.717, 1.165) is 10.5 Å². The third-order valence-electron chi connectivity index (χ3n) is 2.38. The summed E-state index contributed by atoms with van der Waals surface area (Å²) in [5, 5.41) is 11.0. The van der Waals surface area contributed by atoms with Crippen molar-refractivity contribution in [3.8, 4) is 0 Å². The number of hydrogen-bond donors (Lipinski definition) is 0. The largest absolute Gasteiger partial charge is 1.00 e. The number of hydrogen-bond acceptors (Lipinski definition) is 5. The molecule has 0 aromatic carbocycles. The first-order valence-electron chi connectivity index (χ1n) is 4.96. The quantitative estimate of drug-likeness (QED) is 0.512. The second kappa shape index (κ2) is 7.74. The summed E-state index contributed by atoms with van der Waals surface area (Å²) in [7, 11) is 2.55. The van der Waals surface area contributed by atoms with E-state index in [-0.39, 0.29) is 25.3 Å². The van der Waals surface area contributed by atoms with Crippen molar-refractivity contribution in [2.45, 2.75) is 12.5 Å². The van der Waals surface area contributed by atoms with E-state index in [2.05, 4.69) is 9.72 Å². The molecule has 1 heterocycles. The number of likely N-dealkylation sites (N-methyl/N-ethyl adjacent to an activating group) is 1. The number of amides is 1. The fourth-order valence-electron chi connectivity index (χ4n) is 1.39. The molecule has 0 radical (unpaired) electrons. The first-order valence-corrected chi connectivity index (χ1v) is 4.96. The van der Waals surface area contributed by atoms with Gasteiger partial charge in [0.25, 0.3) is 0 Å². The Morgan fingerprint density at radius 2 is 2.00 bits per heavy atom. The van der Waals surface area contributed by atoms with Crippen LogP contribution in [0.2, 0.25) is 0 Å². The SMILES string of the molecule is COC(=O)N(C)[C@@H](Cc1ccncc1)C(=O)[O-].[Li+]. The fourth-order valence-corrected chi connectivity index (χ4v) is 1.39. The van der Waals surface area contributed by atoms with Gasteiger partial charge in [-0.3, -0.25) is 4.98 Å². The molecule has 0 aliphatic heterocycles. The number of ether oxygens (including phenoxy) is 1. The maximum atomic E-state index is 11.2. The van der Waals surface area contributed by atoms with Gasteiger partial charge < -0.3 is 19.5 Å². The minimum Gasteiger partial charge on any atom is -0.548 e. The van der Waals surface area contributed by atoms with Crippen LogP contribution in [0.5, 0.6) is 0 Å². The van der Waals surface area contributed by atoms with Gasteiger partial charge in [0.05, 0.1) is 19.1 Å². The molecule has 0 spiro atoms. The summed E-state index contributed by atoms with van der Waals surface area (Å²) in [5.74, 6) is -1.32. The maximum Gasteiger partial charge on any atom is 1.00 e. The van der Waals surface area contributed by atoms with E-state index in [1.54, 1.807) is 24.5 Å².